The molecule has 5 heteroatoms. The molecule has 0 radical (unpaired) electrons. The number of rotatable bonds is 1. The standard InChI is InChI=1S/C17H15NO4/c19-16-14-9-1-2-10(4-3-9)15(14)17(20)18(16)11-5-6-12-13(7-11)22-8-21-12/h1-2,5-7,9-10,14-15H,3-4,8H2/t9-,10+,14-,15-/m0/s1. The van der Waals surface area contributed by atoms with Gasteiger partial charge in [-0.3, -0.25) is 9.59 Å². The molecule has 5 aliphatic rings. The van der Waals surface area contributed by atoms with Gasteiger partial charge in [0, 0.05) is 6.07 Å². The Morgan fingerprint density at radius 3 is 2.18 bits per heavy atom. The fourth-order valence-electron chi connectivity index (χ4n) is 4.35. The van der Waals surface area contributed by atoms with Gasteiger partial charge in [0.1, 0.15) is 0 Å². The van der Waals surface area contributed by atoms with Gasteiger partial charge in [-0.2, -0.15) is 0 Å². The van der Waals surface area contributed by atoms with Gasteiger partial charge in [0.25, 0.3) is 0 Å². The van der Waals surface area contributed by atoms with E-state index in [9.17, 15) is 9.59 Å². The number of ether oxygens (including phenoxy) is 2. The van der Waals surface area contributed by atoms with Gasteiger partial charge < -0.3 is 9.47 Å². The van der Waals surface area contributed by atoms with Crippen LogP contribution in [0.5, 0.6) is 11.5 Å². The summed E-state index contributed by atoms with van der Waals surface area (Å²) in [6.07, 6.45) is 6.28. The van der Waals surface area contributed by atoms with E-state index in [1.165, 1.54) is 4.90 Å². The lowest BCUT2D eigenvalue weighted by molar-refractivity contribution is -0.124. The molecule has 5 nitrogen and oxygen atoms in total. The first-order valence-electron chi connectivity index (χ1n) is 7.70. The Bertz CT molecular complexity index is 693. The average molecular weight is 297 g/mol. The second-order valence-electron chi connectivity index (χ2n) is 6.39. The third-order valence-corrected chi connectivity index (χ3v) is 5.37. The van der Waals surface area contributed by atoms with E-state index < -0.39 is 0 Å². The monoisotopic (exact) mass is 297 g/mol. The molecule has 2 heterocycles. The Morgan fingerprint density at radius 2 is 1.55 bits per heavy atom. The Labute approximate surface area is 127 Å². The Morgan fingerprint density at radius 1 is 0.909 bits per heavy atom. The van der Waals surface area contributed by atoms with Crippen molar-refractivity contribution in [3.8, 4) is 11.5 Å². The summed E-state index contributed by atoms with van der Waals surface area (Å²) in [6, 6.07) is 5.24. The summed E-state index contributed by atoms with van der Waals surface area (Å²) in [6.45, 7) is 0.181. The van der Waals surface area contributed by atoms with Crippen LogP contribution in [-0.4, -0.2) is 18.6 Å². The number of fused-ring (bicyclic) bond motifs is 2. The van der Waals surface area contributed by atoms with Crippen LogP contribution in [0.25, 0.3) is 0 Å². The molecule has 0 spiro atoms. The highest BCUT2D eigenvalue weighted by atomic mass is 16.7. The second-order valence-corrected chi connectivity index (χ2v) is 6.39. The maximum Gasteiger partial charge on any atom is 0.238 e. The fraction of sp³-hybridized carbons (Fsp3) is 0.412. The zero-order chi connectivity index (χ0) is 14.8. The number of carbonyl (C=O) groups is 2. The third-order valence-electron chi connectivity index (χ3n) is 5.37. The first-order valence-corrected chi connectivity index (χ1v) is 7.70. The van der Waals surface area contributed by atoms with Crippen molar-refractivity contribution in [2.45, 2.75) is 12.8 Å². The molecule has 0 N–H and O–H groups in total. The SMILES string of the molecule is O=C1[C@@H]2[C@@H](C(=O)N1c1ccc3c(c1)OCO3)[C@H]1C=C[C@@H]2CC1. The summed E-state index contributed by atoms with van der Waals surface area (Å²) in [5, 5.41) is 0. The van der Waals surface area contributed by atoms with Crippen LogP contribution in [0.4, 0.5) is 5.69 Å². The van der Waals surface area contributed by atoms with Crippen molar-refractivity contribution in [3.05, 3.63) is 30.4 Å². The van der Waals surface area contributed by atoms with Crippen molar-refractivity contribution in [2.24, 2.45) is 23.7 Å². The first-order chi connectivity index (χ1) is 10.7. The summed E-state index contributed by atoms with van der Waals surface area (Å²) in [5.74, 6) is 1.19. The molecule has 0 aromatic heterocycles. The summed E-state index contributed by atoms with van der Waals surface area (Å²) >= 11 is 0. The van der Waals surface area contributed by atoms with Gasteiger partial charge in [0.15, 0.2) is 11.5 Å². The fourth-order valence-corrected chi connectivity index (χ4v) is 4.35. The van der Waals surface area contributed by atoms with E-state index in [0.717, 1.165) is 12.8 Å². The summed E-state index contributed by atoms with van der Waals surface area (Å²) < 4.78 is 10.6. The topological polar surface area (TPSA) is 55.8 Å². The van der Waals surface area contributed by atoms with Crippen LogP contribution < -0.4 is 14.4 Å². The predicted octanol–water partition coefficient (Wildman–Crippen LogP) is 2.12. The van der Waals surface area contributed by atoms with Crippen molar-refractivity contribution in [3.63, 3.8) is 0 Å². The highest BCUT2D eigenvalue weighted by molar-refractivity contribution is 6.22. The molecular weight excluding hydrogens is 282 g/mol. The number of anilines is 1. The van der Waals surface area contributed by atoms with Gasteiger partial charge in [0.05, 0.1) is 17.5 Å². The number of hydrogen-bond donors (Lipinski definition) is 0. The minimum atomic E-state index is -0.179. The smallest absolute Gasteiger partial charge is 0.238 e. The summed E-state index contributed by atoms with van der Waals surface area (Å²) in [4.78, 5) is 27.0. The number of nitrogens with zero attached hydrogens (tertiary/aromatic N) is 1. The van der Waals surface area contributed by atoms with Crippen LogP contribution in [0.15, 0.2) is 30.4 Å². The molecule has 1 aromatic rings. The third kappa shape index (κ3) is 1.43. The molecule has 22 heavy (non-hydrogen) atoms. The normalized spacial score (nSPS) is 34.5. The van der Waals surface area contributed by atoms with E-state index in [4.69, 9.17) is 9.47 Å². The van der Waals surface area contributed by atoms with Crippen molar-refractivity contribution in [1.82, 2.24) is 0 Å². The van der Waals surface area contributed by atoms with E-state index in [-0.39, 0.29) is 42.3 Å². The van der Waals surface area contributed by atoms with Crippen LogP contribution in [0.1, 0.15) is 12.8 Å². The molecule has 2 aliphatic heterocycles. The highest BCUT2D eigenvalue weighted by Gasteiger charge is 2.56. The Kier molecular flexibility index (Phi) is 2.30. The summed E-state index contributed by atoms with van der Waals surface area (Å²) in [5.41, 5.74) is 0.591. The number of amides is 2. The minimum absolute atomic E-state index is 0.0621. The van der Waals surface area contributed by atoms with E-state index in [0.29, 0.717) is 17.2 Å². The molecule has 2 fully saturated rings. The van der Waals surface area contributed by atoms with Crippen LogP contribution in [0.3, 0.4) is 0 Å². The van der Waals surface area contributed by atoms with Gasteiger partial charge >= 0.3 is 0 Å². The molecule has 1 aromatic carbocycles. The van der Waals surface area contributed by atoms with Crippen LogP contribution in [0.2, 0.25) is 0 Å². The maximum atomic E-state index is 12.8. The lowest BCUT2D eigenvalue weighted by Crippen LogP contribution is -2.38. The molecule has 4 atom stereocenters. The minimum Gasteiger partial charge on any atom is -0.454 e. The lowest BCUT2D eigenvalue weighted by Gasteiger charge is -2.38. The van der Waals surface area contributed by atoms with E-state index >= 15 is 0 Å². The molecule has 2 amide bonds. The van der Waals surface area contributed by atoms with Crippen molar-refractivity contribution in [2.75, 3.05) is 11.7 Å². The van der Waals surface area contributed by atoms with E-state index in [1.807, 2.05) is 0 Å². The van der Waals surface area contributed by atoms with Gasteiger partial charge in [-0.1, -0.05) is 12.2 Å². The highest BCUT2D eigenvalue weighted by Crippen LogP contribution is 2.51. The van der Waals surface area contributed by atoms with Crippen molar-refractivity contribution >= 4 is 17.5 Å². The number of benzene rings is 1. The summed E-state index contributed by atoms with van der Waals surface area (Å²) in [7, 11) is 0. The Balaban J connectivity index is 1.56. The molecule has 6 rings (SSSR count). The number of carbonyl (C=O) groups excluding carboxylic acids is 2. The number of imide groups is 1. The zero-order valence-corrected chi connectivity index (χ0v) is 11.9. The van der Waals surface area contributed by atoms with Crippen LogP contribution in [0, 0.1) is 23.7 Å². The van der Waals surface area contributed by atoms with Crippen LogP contribution >= 0.6 is 0 Å². The maximum absolute atomic E-state index is 12.8. The molecular formula is C17H15NO4. The Hall–Kier alpha value is -2.30. The average Bonchev–Trinajstić information content (AvgIpc) is 3.12. The molecule has 1 saturated carbocycles. The van der Waals surface area contributed by atoms with E-state index in [1.54, 1.807) is 18.2 Å². The lowest BCUT2D eigenvalue weighted by atomic mass is 9.63. The van der Waals surface area contributed by atoms with Gasteiger partial charge in [0.2, 0.25) is 18.6 Å². The quantitative estimate of drug-likeness (QED) is 0.588. The number of hydrogen-bond acceptors (Lipinski definition) is 4. The van der Waals surface area contributed by atoms with Gasteiger partial charge in [-0.25, -0.2) is 4.90 Å². The van der Waals surface area contributed by atoms with Gasteiger partial charge in [-0.05, 0) is 36.8 Å². The van der Waals surface area contributed by atoms with Crippen LogP contribution in [-0.2, 0) is 9.59 Å². The molecule has 3 aliphatic carbocycles. The zero-order valence-electron chi connectivity index (χ0n) is 11.9. The van der Waals surface area contributed by atoms with Gasteiger partial charge in [-0.15, -0.1) is 0 Å². The molecule has 1 saturated heterocycles. The largest absolute Gasteiger partial charge is 0.454 e. The molecule has 0 unspecified atom stereocenters. The molecule has 2 bridgehead atoms. The predicted molar refractivity (Wildman–Crippen MR) is 77.4 cm³/mol. The van der Waals surface area contributed by atoms with Crippen molar-refractivity contribution in [1.29, 1.82) is 0 Å². The molecule has 112 valence electrons. The second kappa shape index (κ2) is 4.12. The first kappa shape index (κ1) is 12.3. The van der Waals surface area contributed by atoms with Crippen molar-refractivity contribution < 1.29 is 19.1 Å². The van der Waals surface area contributed by atoms with E-state index in [2.05, 4.69) is 12.2 Å². The number of allylic oxidation sites excluding steroid dienone is 2.